The number of hydrogen-bond donors (Lipinski definition) is 1. The number of carboxylic acids is 1. The fourth-order valence-corrected chi connectivity index (χ4v) is 5.78. The molecule has 1 heterocycles. The molecule has 0 unspecified atom stereocenters. The number of fused-ring (bicyclic) bond motifs is 1. The molecule has 1 aromatic carbocycles. The van der Waals surface area contributed by atoms with Gasteiger partial charge in [0.1, 0.15) is 0 Å². The van der Waals surface area contributed by atoms with Gasteiger partial charge in [-0.05, 0) is 77.5 Å². The maximum absolute atomic E-state index is 10.8. The summed E-state index contributed by atoms with van der Waals surface area (Å²) in [6.45, 7) is 13.8. The van der Waals surface area contributed by atoms with E-state index in [0.29, 0.717) is 0 Å². The zero-order valence-electron chi connectivity index (χ0n) is 16.6. The van der Waals surface area contributed by atoms with Gasteiger partial charge in [0.2, 0.25) is 0 Å². The van der Waals surface area contributed by atoms with Crippen molar-refractivity contribution in [3.63, 3.8) is 0 Å². The Bertz CT molecular complexity index is 897. The molecule has 3 heteroatoms. The van der Waals surface area contributed by atoms with E-state index in [0.717, 1.165) is 5.56 Å². The molecule has 26 heavy (non-hydrogen) atoms. The second-order valence-electron chi connectivity index (χ2n) is 8.77. The van der Waals surface area contributed by atoms with E-state index in [1.165, 1.54) is 50.9 Å². The third-order valence-electron chi connectivity index (χ3n) is 5.74. The fraction of sp³-hybridized carbons (Fsp3) is 0.435. The average molecular weight is 369 g/mol. The van der Waals surface area contributed by atoms with Gasteiger partial charge in [-0.2, -0.15) is 0 Å². The van der Waals surface area contributed by atoms with E-state index < -0.39 is 5.97 Å². The Balaban J connectivity index is 2.19. The minimum absolute atomic E-state index is 0.207. The minimum Gasteiger partial charge on any atom is -0.478 e. The summed E-state index contributed by atoms with van der Waals surface area (Å²) in [7, 11) is 0. The lowest BCUT2D eigenvalue weighted by Gasteiger charge is -2.39. The molecule has 0 atom stereocenters. The molecule has 138 valence electrons. The molecule has 3 rings (SSSR count). The van der Waals surface area contributed by atoms with Gasteiger partial charge in [-0.1, -0.05) is 39.8 Å². The van der Waals surface area contributed by atoms with Crippen molar-refractivity contribution in [2.24, 2.45) is 0 Å². The Kier molecular flexibility index (Phi) is 4.64. The lowest BCUT2D eigenvalue weighted by Crippen LogP contribution is -2.32. The quantitative estimate of drug-likeness (QED) is 0.630. The lowest BCUT2D eigenvalue weighted by molar-refractivity contribution is -0.131. The van der Waals surface area contributed by atoms with Gasteiger partial charge in [0.25, 0.3) is 0 Å². The summed E-state index contributed by atoms with van der Waals surface area (Å²) >= 11 is 1.93. The molecule has 2 aromatic rings. The molecule has 0 fully saturated rings. The van der Waals surface area contributed by atoms with Crippen LogP contribution in [0.25, 0.3) is 16.5 Å². The van der Waals surface area contributed by atoms with Crippen molar-refractivity contribution in [3.05, 3.63) is 51.4 Å². The van der Waals surface area contributed by atoms with E-state index in [4.69, 9.17) is 5.11 Å². The summed E-state index contributed by atoms with van der Waals surface area (Å²) in [5, 5.41) is 8.90. The summed E-state index contributed by atoms with van der Waals surface area (Å²) < 4.78 is 0. The minimum atomic E-state index is -0.918. The Hall–Kier alpha value is -1.87. The van der Waals surface area contributed by atoms with Crippen LogP contribution in [0.5, 0.6) is 0 Å². The van der Waals surface area contributed by atoms with E-state index >= 15 is 0 Å². The average Bonchev–Trinajstić information content (AvgIpc) is 2.91. The zero-order valence-corrected chi connectivity index (χ0v) is 17.4. The summed E-state index contributed by atoms with van der Waals surface area (Å²) in [5.41, 5.74) is 6.73. The monoisotopic (exact) mass is 368 g/mol. The highest BCUT2D eigenvalue weighted by molar-refractivity contribution is 7.16. The molecule has 1 aliphatic rings. The van der Waals surface area contributed by atoms with Crippen molar-refractivity contribution in [2.45, 2.75) is 65.2 Å². The van der Waals surface area contributed by atoms with E-state index in [-0.39, 0.29) is 10.8 Å². The number of carbonyl (C=O) groups is 1. The predicted molar refractivity (Wildman–Crippen MR) is 111 cm³/mol. The van der Waals surface area contributed by atoms with Crippen LogP contribution < -0.4 is 0 Å². The SMILES string of the molecule is Cc1ccc(/C=C/C(=O)O)cc1-c1sc2c(c1C)C(C)(C)CCC2(C)C. The first kappa shape index (κ1) is 18.9. The maximum atomic E-state index is 10.8. The molecule has 0 spiro atoms. The predicted octanol–water partition coefficient (Wildman–Crippen LogP) is 6.48. The maximum Gasteiger partial charge on any atom is 0.328 e. The van der Waals surface area contributed by atoms with Crippen LogP contribution in [0.15, 0.2) is 24.3 Å². The molecular weight excluding hydrogens is 340 g/mol. The molecule has 0 radical (unpaired) electrons. The van der Waals surface area contributed by atoms with E-state index in [9.17, 15) is 4.79 Å². The Morgan fingerprint density at radius 3 is 2.38 bits per heavy atom. The molecule has 2 nitrogen and oxygen atoms in total. The van der Waals surface area contributed by atoms with Crippen molar-refractivity contribution in [1.29, 1.82) is 0 Å². The van der Waals surface area contributed by atoms with Crippen LogP contribution in [0.2, 0.25) is 0 Å². The largest absolute Gasteiger partial charge is 0.478 e. The van der Waals surface area contributed by atoms with Crippen molar-refractivity contribution < 1.29 is 9.90 Å². The number of aryl methyl sites for hydroxylation is 1. The molecular formula is C23H28O2S. The first-order valence-electron chi connectivity index (χ1n) is 9.19. The van der Waals surface area contributed by atoms with Crippen LogP contribution in [-0.4, -0.2) is 11.1 Å². The third kappa shape index (κ3) is 3.25. The van der Waals surface area contributed by atoms with Gasteiger partial charge in [0, 0.05) is 15.8 Å². The van der Waals surface area contributed by atoms with Gasteiger partial charge in [-0.15, -0.1) is 11.3 Å². The Morgan fingerprint density at radius 2 is 1.77 bits per heavy atom. The topological polar surface area (TPSA) is 37.3 Å². The van der Waals surface area contributed by atoms with Gasteiger partial charge in [0.15, 0.2) is 0 Å². The highest BCUT2D eigenvalue weighted by Crippen LogP contribution is 2.53. The second kappa shape index (κ2) is 6.38. The molecule has 0 saturated carbocycles. The van der Waals surface area contributed by atoms with Crippen LogP contribution in [0, 0.1) is 13.8 Å². The Labute approximate surface area is 160 Å². The number of aliphatic carboxylic acids is 1. The lowest BCUT2D eigenvalue weighted by atomic mass is 9.66. The molecule has 1 aromatic heterocycles. The summed E-state index contributed by atoms with van der Waals surface area (Å²) in [6, 6.07) is 6.19. The summed E-state index contributed by atoms with van der Waals surface area (Å²) in [4.78, 5) is 13.7. The van der Waals surface area contributed by atoms with Crippen molar-refractivity contribution in [2.75, 3.05) is 0 Å². The van der Waals surface area contributed by atoms with Crippen LogP contribution in [0.3, 0.4) is 0 Å². The molecule has 0 saturated heterocycles. The van der Waals surface area contributed by atoms with E-state index in [2.05, 4.69) is 53.7 Å². The number of carboxylic acid groups (broad SMARTS) is 1. The number of rotatable bonds is 3. The van der Waals surface area contributed by atoms with Gasteiger partial charge >= 0.3 is 5.97 Å². The summed E-state index contributed by atoms with van der Waals surface area (Å²) in [5.74, 6) is -0.918. The smallest absolute Gasteiger partial charge is 0.328 e. The Morgan fingerprint density at radius 1 is 1.12 bits per heavy atom. The second-order valence-corrected chi connectivity index (χ2v) is 9.79. The highest BCUT2D eigenvalue weighted by atomic mass is 32.1. The van der Waals surface area contributed by atoms with Crippen molar-refractivity contribution in [3.8, 4) is 10.4 Å². The first-order valence-corrected chi connectivity index (χ1v) is 10.0. The van der Waals surface area contributed by atoms with Crippen LogP contribution >= 0.6 is 11.3 Å². The van der Waals surface area contributed by atoms with Crippen molar-refractivity contribution >= 4 is 23.4 Å². The molecule has 1 N–H and O–H groups in total. The molecule has 0 aliphatic heterocycles. The first-order chi connectivity index (χ1) is 12.0. The van der Waals surface area contributed by atoms with E-state index in [1.807, 2.05) is 17.4 Å². The number of hydrogen-bond acceptors (Lipinski definition) is 2. The molecule has 0 bridgehead atoms. The van der Waals surface area contributed by atoms with Crippen LogP contribution in [-0.2, 0) is 15.6 Å². The zero-order chi connectivity index (χ0) is 19.3. The number of benzene rings is 1. The van der Waals surface area contributed by atoms with Gasteiger partial charge in [-0.3, -0.25) is 0 Å². The molecule has 1 aliphatic carbocycles. The fourth-order valence-electron chi connectivity index (χ4n) is 4.08. The van der Waals surface area contributed by atoms with Crippen LogP contribution in [0.1, 0.15) is 67.7 Å². The van der Waals surface area contributed by atoms with Gasteiger partial charge in [-0.25, -0.2) is 4.79 Å². The van der Waals surface area contributed by atoms with Crippen molar-refractivity contribution in [1.82, 2.24) is 0 Å². The van der Waals surface area contributed by atoms with Gasteiger partial charge < -0.3 is 5.11 Å². The van der Waals surface area contributed by atoms with Gasteiger partial charge in [0.05, 0.1) is 0 Å². The third-order valence-corrected chi connectivity index (χ3v) is 7.43. The standard InChI is InChI=1S/C23H28O2S/c1-14-7-8-16(9-10-18(24)25)13-17(14)20-15(2)19-21(26-20)23(5,6)12-11-22(19,3)4/h7-10,13H,11-12H2,1-6H3,(H,24,25)/b10-9+. The highest BCUT2D eigenvalue weighted by Gasteiger charge is 2.40. The van der Waals surface area contributed by atoms with E-state index in [1.54, 1.807) is 6.08 Å². The van der Waals surface area contributed by atoms with Crippen LogP contribution in [0.4, 0.5) is 0 Å². The number of thiophene rings is 1. The normalized spacial score (nSPS) is 18.1. The summed E-state index contributed by atoms with van der Waals surface area (Å²) in [6.07, 6.45) is 5.30. The molecule has 0 amide bonds.